The number of halogens is 1. The van der Waals surface area contributed by atoms with Crippen molar-refractivity contribution in [2.75, 3.05) is 18.5 Å². The average molecular weight is 498 g/mol. The first-order valence-electron chi connectivity index (χ1n) is 9.34. The van der Waals surface area contributed by atoms with Crippen LogP contribution in [0.1, 0.15) is 51.9 Å². The number of carbonyl (C=O) groups is 3. The highest BCUT2D eigenvalue weighted by molar-refractivity contribution is 9.10. The zero-order valence-corrected chi connectivity index (χ0v) is 19.9. The molecule has 162 valence electrons. The number of anilines is 1. The van der Waals surface area contributed by atoms with E-state index in [-0.39, 0.29) is 34.8 Å². The smallest absolute Gasteiger partial charge is 0.348 e. The molecule has 1 amide bonds. The van der Waals surface area contributed by atoms with E-state index >= 15 is 0 Å². The second kappa shape index (κ2) is 10.6. The Bertz CT molecular complexity index is 953. The molecule has 0 fully saturated rings. The molecule has 0 bridgehead atoms. The molecule has 2 aromatic rings. The Kier molecular flexibility index (Phi) is 8.43. The monoisotopic (exact) mass is 497 g/mol. The lowest BCUT2D eigenvalue weighted by Crippen LogP contribution is -2.21. The molecule has 0 saturated carbocycles. The van der Waals surface area contributed by atoms with E-state index < -0.39 is 17.8 Å². The van der Waals surface area contributed by atoms with Crippen LogP contribution in [0.15, 0.2) is 22.7 Å². The minimum Gasteiger partial charge on any atom is -0.484 e. The SMILES string of the molecule is CCOC(=O)c1c(NC(=O)COc2ccc(Br)c(C)c2)sc(C(=O)OC(C)C)c1C. The van der Waals surface area contributed by atoms with Gasteiger partial charge in [-0.3, -0.25) is 4.79 Å². The molecular formula is C21H24BrNO6S. The number of carbonyl (C=O) groups excluding carboxylic acids is 3. The van der Waals surface area contributed by atoms with E-state index in [0.717, 1.165) is 21.4 Å². The van der Waals surface area contributed by atoms with Gasteiger partial charge >= 0.3 is 11.9 Å². The number of thiophene rings is 1. The summed E-state index contributed by atoms with van der Waals surface area (Å²) < 4.78 is 16.8. The Labute approximate surface area is 187 Å². The topological polar surface area (TPSA) is 90.9 Å². The summed E-state index contributed by atoms with van der Waals surface area (Å²) in [6.45, 7) is 8.59. The molecule has 2 rings (SSSR count). The van der Waals surface area contributed by atoms with Gasteiger partial charge in [-0.15, -0.1) is 11.3 Å². The third-order valence-electron chi connectivity index (χ3n) is 3.91. The first-order valence-corrected chi connectivity index (χ1v) is 10.9. The molecule has 1 aromatic carbocycles. The predicted molar refractivity (Wildman–Crippen MR) is 119 cm³/mol. The molecule has 30 heavy (non-hydrogen) atoms. The second-order valence-corrected chi connectivity index (χ2v) is 8.56. The molecular weight excluding hydrogens is 474 g/mol. The van der Waals surface area contributed by atoms with E-state index in [0.29, 0.717) is 11.3 Å². The molecule has 0 unspecified atom stereocenters. The quantitative estimate of drug-likeness (QED) is 0.522. The lowest BCUT2D eigenvalue weighted by atomic mass is 10.1. The molecule has 1 N–H and O–H groups in total. The highest BCUT2D eigenvalue weighted by Crippen LogP contribution is 2.34. The maximum absolute atomic E-state index is 12.4. The first kappa shape index (κ1) is 23.9. The fourth-order valence-electron chi connectivity index (χ4n) is 2.53. The van der Waals surface area contributed by atoms with Gasteiger partial charge in [0.25, 0.3) is 5.91 Å². The number of benzene rings is 1. The van der Waals surface area contributed by atoms with Crippen LogP contribution in [0.3, 0.4) is 0 Å². The summed E-state index contributed by atoms with van der Waals surface area (Å²) in [7, 11) is 0. The maximum atomic E-state index is 12.4. The average Bonchev–Trinajstić information content (AvgIpc) is 2.98. The van der Waals surface area contributed by atoms with Crippen LogP contribution in [0.25, 0.3) is 0 Å². The van der Waals surface area contributed by atoms with Crippen molar-refractivity contribution in [2.24, 2.45) is 0 Å². The van der Waals surface area contributed by atoms with Gasteiger partial charge in [0.15, 0.2) is 6.61 Å². The van der Waals surface area contributed by atoms with Crippen molar-refractivity contribution in [3.63, 3.8) is 0 Å². The van der Waals surface area contributed by atoms with Crippen molar-refractivity contribution in [2.45, 2.75) is 40.7 Å². The molecule has 9 heteroatoms. The predicted octanol–water partition coefficient (Wildman–Crippen LogP) is 4.89. The van der Waals surface area contributed by atoms with E-state index in [9.17, 15) is 14.4 Å². The Balaban J connectivity index is 2.21. The van der Waals surface area contributed by atoms with Gasteiger partial charge in [0.05, 0.1) is 18.3 Å². The number of amides is 1. The van der Waals surface area contributed by atoms with Crippen LogP contribution in [0.5, 0.6) is 5.75 Å². The summed E-state index contributed by atoms with van der Waals surface area (Å²) in [5.41, 5.74) is 1.52. The summed E-state index contributed by atoms with van der Waals surface area (Å²) in [4.78, 5) is 37.5. The van der Waals surface area contributed by atoms with Crippen molar-refractivity contribution in [3.8, 4) is 5.75 Å². The van der Waals surface area contributed by atoms with E-state index in [4.69, 9.17) is 14.2 Å². The summed E-state index contributed by atoms with van der Waals surface area (Å²) in [6.07, 6.45) is -0.314. The van der Waals surface area contributed by atoms with Crippen LogP contribution in [0, 0.1) is 13.8 Å². The normalized spacial score (nSPS) is 10.6. The van der Waals surface area contributed by atoms with Crippen molar-refractivity contribution < 1.29 is 28.6 Å². The van der Waals surface area contributed by atoms with Gasteiger partial charge in [0, 0.05) is 4.47 Å². The van der Waals surface area contributed by atoms with Gasteiger partial charge in [-0.05, 0) is 63.9 Å². The summed E-state index contributed by atoms with van der Waals surface area (Å²) >= 11 is 4.38. The minimum atomic E-state index is -0.616. The highest BCUT2D eigenvalue weighted by atomic mass is 79.9. The largest absolute Gasteiger partial charge is 0.484 e. The Hall–Kier alpha value is -2.39. The third-order valence-corrected chi connectivity index (χ3v) is 5.98. The van der Waals surface area contributed by atoms with E-state index in [1.54, 1.807) is 39.8 Å². The molecule has 0 atom stereocenters. The molecule has 0 spiro atoms. The fourth-order valence-corrected chi connectivity index (χ4v) is 3.87. The summed E-state index contributed by atoms with van der Waals surface area (Å²) in [6, 6.07) is 5.37. The van der Waals surface area contributed by atoms with Gasteiger partial charge in [0.2, 0.25) is 0 Å². The van der Waals surface area contributed by atoms with Gasteiger partial charge in [-0.1, -0.05) is 15.9 Å². The lowest BCUT2D eigenvalue weighted by Gasteiger charge is -2.09. The summed E-state index contributed by atoms with van der Waals surface area (Å²) in [5.74, 6) is -1.10. The van der Waals surface area contributed by atoms with Crippen molar-refractivity contribution in [3.05, 3.63) is 44.2 Å². The molecule has 0 aliphatic carbocycles. The molecule has 0 saturated heterocycles. The van der Waals surface area contributed by atoms with E-state index in [1.807, 2.05) is 13.0 Å². The number of hydrogen-bond donors (Lipinski definition) is 1. The third kappa shape index (κ3) is 6.06. The molecule has 1 aromatic heterocycles. The Morgan fingerprint density at radius 2 is 1.87 bits per heavy atom. The van der Waals surface area contributed by atoms with Crippen LogP contribution in [-0.4, -0.2) is 37.2 Å². The molecule has 0 radical (unpaired) electrons. The Morgan fingerprint density at radius 3 is 2.47 bits per heavy atom. The number of aryl methyl sites for hydroxylation is 1. The van der Waals surface area contributed by atoms with Crippen LogP contribution in [0.4, 0.5) is 5.00 Å². The van der Waals surface area contributed by atoms with Crippen molar-refractivity contribution >= 4 is 50.1 Å². The number of esters is 2. The maximum Gasteiger partial charge on any atom is 0.348 e. The standard InChI is InChI=1S/C21H24BrNO6S/c1-6-27-20(25)17-13(5)18(21(26)29-11(2)3)30-19(17)23-16(24)10-28-14-7-8-15(22)12(4)9-14/h7-9,11H,6,10H2,1-5H3,(H,23,24). The van der Waals surface area contributed by atoms with E-state index in [2.05, 4.69) is 21.2 Å². The molecule has 0 aliphatic rings. The first-order chi connectivity index (χ1) is 14.1. The van der Waals surface area contributed by atoms with Gasteiger partial charge < -0.3 is 19.5 Å². The number of rotatable bonds is 8. The van der Waals surface area contributed by atoms with Gasteiger partial charge in [0.1, 0.15) is 15.6 Å². The second-order valence-electron chi connectivity index (χ2n) is 6.68. The number of ether oxygens (including phenoxy) is 3. The number of hydrogen-bond acceptors (Lipinski definition) is 7. The molecule has 1 heterocycles. The van der Waals surface area contributed by atoms with Crippen LogP contribution in [0.2, 0.25) is 0 Å². The van der Waals surface area contributed by atoms with Crippen LogP contribution in [-0.2, 0) is 14.3 Å². The van der Waals surface area contributed by atoms with Crippen molar-refractivity contribution in [1.29, 1.82) is 0 Å². The van der Waals surface area contributed by atoms with Crippen LogP contribution < -0.4 is 10.1 Å². The lowest BCUT2D eigenvalue weighted by molar-refractivity contribution is -0.118. The van der Waals surface area contributed by atoms with E-state index in [1.165, 1.54) is 0 Å². The molecule has 7 nitrogen and oxygen atoms in total. The van der Waals surface area contributed by atoms with Crippen molar-refractivity contribution in [1.82, 2.24) is 0 Å². The fraction of sp³-hybridized carbons (Fsp3) is 0.381. The number of nitrogens with one attached hydrogen (secondary N) is 1. The minimum absolute atomic E-state index is 0.144. The van der Waals surface area contributed by atoms with Crippen LogP contribution >= 0.6 is 27.3 Å². The zero-order chi connectivity index (χ0) is 22.4. The summed E-state index contributed by atoms with van der Waals surface area (Å²) in [5, 5.41) is 2.88. The van der Waals surface area contributed by atoms with Gasteiger partial charge in [-0.2, -0.15) is 0 Å². The van der Waals surface area contributed by atoms with Gasteiger partial charge in [-0.25, -0.2) is 9.59 Å². The highest BCUT2D eigenvalue weighted by Gasteiger charge is 2.27. The zero-order valence-electron chi connectivity index (χ0n) is 17.5. The Morgan fingerprint density at radius 1 is 1.17 bits per heavy atom. The molecule has 0 aliphatic heterocycles.